The summed E-state index contributed by atoms with van der Waals surface area (Å²) in [5, 5.41) is 2.70. The smallest absolute Gasteiger partial charge is 0.338 e. The molecule has 0 atom stereocenters. The fourth-order valence-corrected chi connectivity index (χ4v) is 5.27. The topological polar surface area (TPSA) is 111 Å². The van der Waals surface area contributed by atoms with Crippen LogP contribution in [0.25, 0.3) is 0 Å². The first-order valence-corrected chi connectivity index (χ1v) is 12.6. The third kappa shape index (κ3) is 6.06. The molecule has 0 radical (unpaired) electrons. The van der Waals surface area contributed by atoms with E-state index in [1.807, 2.05) is 18.2 Å². The second-order valence-corrected chi connectivity index (χ2v) is 9.63. The van der Waals surface area contributed by atoms with Gasteiger partial charge in [-0.1, -0.05) is 26.0 Å². The number of amides is 1. The SMILES string of the molecule is CCN(CC)S(=O)(=O)c1cc(C(=O)OCC(=O)NCCc2ccc3c(c2)OCCO3)ccc1C. The zero-order chi connectivity index (χ0) is 24.7. The Hall–Kier alpha value is -3.11. The van der Waals surface area contributed by atoms with Crippen molar-refractivity contribution < 1.29 is 32.2 Å². The summed E-state index contributed by atoms with van der Waals surface area (Å²) in [7, 11) is -3.73. The summed E-state index contributed by atoms with van der Waals surface area (Å²) in [6.45, 7) is 6.72. The maximum Gasteiger partial charge on any atom is 0.338 e. The van der Waals surface area contributed by atoms with E-state index >= 15 is 0 Å². The third-order valence-electron chi connectivity index (χ3n) is 5.42. The molecule has 0 aromatic heterocycles. The lowest BCUT2D eigenvalue weighted by atomic mass is 10.1. The molecule has 1 N–H and O–H groups in total. The summed E-state index contributed by atoms with van der Waals surface area (Å²) in [4.78, 5) is 24.6. The summed E-state index contributed by atoms with van der Waals surface area (Å²) in [5.74, 6) is 0.173. The highest BCUT2D eigenvalue weighted by atomic mass is 32.2. The molecule has 0 unspecified atom stereocenters. The van der Waals surface area contributed by atoms with Gasteiger partial charge in [0.05, 0.1) is 10.5 Å². The molecule has 0 bridgehead atoms. The minimum Gasteiger partial charge on any atom is -0.486 e. The number of nitrogens with one attached hydrogen (secondary N) is 1. The zero-order valence-electron chi connectivity index (χ0n) is 19.6. The number of carbonyl (C=O) groups excluding carboxylic acids is 2. The van der Waals surface area contributed by atoms with E-state index in [0.717, 1.165) is 5.56 Å². The fraction of sp³-hybridized carbons (Fsp3) is 0.417. The highest BCUT2D eigenvalue weighted by Crippen LogP contribution is 2.30. The van der Waals surface area contributed by atoms with Gasteiger partial charge in [-0.15, -0.1) is 0 Å². The number of fused-ring (bicyclic) bond motifs is 1. The van der Waals surface area contributed by atoms with E-state index in [1.165, 1.54) is 16.4 Å². The van der Waals surface area contributed by atoms with E-state index in [1.54, 1.807) is 26.8 Å². The Balaban J connectivity index is 1.53. The minimum atomic E-state index is -3.73. The fourth-order valence-electron chi connectivity index (χ4n) is 3.56. The number of nitrogens with zero attached hydrogens (tertiary/aromatic N) is 1. The molecule has 1 heterocycles. The van der Waals surface area contributed by atoms with Gasteiger partial charge in [0.1, 0.15) is 13.2 Å². The molecule has 1 aliphatic heterocycles. The van der Waals surface area contributed by atoms with Crippen molar-refractivity contribution in [3.8, 4) is 11.5 Å². The molecule has 3 rings (SSSR count). The number of carbonyl (C=O) groups is 2. The molecule has 9 nitrogen and oxygen atoms in total. The van der Waals surface area contributed by atoms with Gasteiger partial charge >= 0.3 is 5.97 Å². The molecule has 184 valence electrons. The number of aryl methyl sites for hydroxylation is 1. The van der Waals surface area contributed by atoms with E-state index in [2.05, 4.69) is 5.32 Å². The van der Waals surface area contributed by atoms with Crippen LogP contribution in [0.1, 0.15) is 35.3 Å². The van der Waals surface area contributed by atoms with Gasteiger partial charge in [0, 0.05) is 19.6 Å². The van der Waals surface area contributed by atoms with Gasteiger partial charge in [-0.25, -0.2) is 13.2 Å². The largest absolute Gasteiger partial charge is 0.486 e. The average molecular weight is 491 g/mol. The number of esters is 1. The molecule has 34 heavy (non-hydrogen) atoms. The van der Waals surface area contributed by atoms with Crippen molar-refractivity contribution in [3.63, 3.8) is 0 Å². The van der Waals surface area contributed by atoms with Crippen LogP contribution in [0.3, 0.4) is 0 Å². The highest BCUT2D eigenvalue weighted by Gasteiger charge is 2.25. The first-order valence-electron chi connectivity index (χ1n) is 11.2. The Bertz CT molecular complexity index is 1140. The van der Waals surface area contributed by atoms with Crippen molar-refractivity contribution in [1.82, 2.24) is 9.62 Å². The lowest BCUT2D eigenvalue weighted by molar-refractivity contribution is -0.124. The number of sulfonamides is 1. The first-order chi connectivity index (χ1) is 16.3. The van der Waals surface area contributed by atoms with Crippen LogP contribution in [0, 0.1) is 6.92 Å². The third-order valence-corrected chi connectivity index (χ3v) is 7.62. The summed E-state index contributed by atoms with van der Waals surface area (Å²) in [6, 6.07) is 9.96. The first kappa shape index (κ1) is 25.5. The second-order valence-electron chi connectivity index (χ2n) is 7.72. The molecule has 1 aliphatic rings. The van der Waals surface area contributed by atoms with Crippen molar-refractivity contribution in [3.05, 3.63) is 53.1 Å². The molecule has 1 amide bonds. The van der Waals surface area contributed by atoms with Gasteiger partial charge in [0.2, 0.25) is 10.0 Å². The van der Waals surface area contributed by atoms with Crippen LogP contribution in [0.15, 0.2) is 41.3 Å². The van der Waals surface area contributed by atoms with Crippen molar-refractivity contribution >= 4 is 21.9 Å². The van der Waals surface area contributed by atoms with Crippen LogP contribution in [0.4, 0.5) is 0 Å². The van der Waals surface area contributed by atoms with E-state index in [-0.39, 0.29) is 10.5 Å². The van der Waals surface area contributed by atoms with E-state index in [4.69, 9.17) is 14.2 Å². The summed E-state index contributed by atoms with van der Waals surface area (Å²) in [6.07, 6.45) is 0.570. The maximum atomic E-state index is 12.9. The second kappa shape index (κ2) is 11.3. The summed E-state index contributed by atoms with van der Waals surface area (Å²) < 4.78 is 43.2. The predicted octanol–water partition coefficient (Wildman–Crippen LogP) is 2.31. The van der Waals surface area contributed by atoms with Crippen molar-refractivity contribution in [2.24, 2.45) is 0 Å². The summed E-state index contributed by atoms with van der Waals surface area (Å²) in [5.41, 5.74) is 1.57. The van der Waals surface area contributed by atoms with Crippen LogP contribution in [-0.4, -0.2) is 64.1 Å². The van der Waals surface area contributed by atoms with Crippen LogP contribution in [0.5, 0.6) is 11.5 Å². The molecule has 2 aromatic carbocycles. The molecule has 2 aromatic rings. The normalized spacial score (nSPS) is 12.9. The molecule has 0 spiro atoms. The number of benzene rings is 2. The minimum absolute atomic E-state index is 0.0505. The van der Waals surface area contributed by atoms with E-state index < -0.39 is 28.5 Å². The number of hydrogen-bond donors (Lipinski definition) is 1. The van der Waals surface area contributed by atoms with Crippen LogP contribution < -0.4 is 14.8 Å². The highest BCUT2D eigenvalue weighted by molar-refractivity contribution is 7.89. The molecule has 0 saturated carbocycles. The van der Waals surface area contributed by atoms with Crippen LogP contribution in [-0.2, 0) is 26.0 Å². The molecule has 10 heteroatoms. The van der Waals surface area contributed by atoms with Crippen LogP contribution >= 0.6 is 0 Å². The number of hydrogen-bond acceptors (Lipinski definition) is 7. The number of ether oxygens (including phenoxy) is 3. The van der Waals surface area contributed by atoms with Gasteiger partial charge in [0.25, 0.3) is 5.91 Å². The molecular formula is C24H30N2O7S. The Labute approximate surface area is 200 Å². The van der Waals surface area contributed by atoms with Gasteiger partial charge < -0.3 is 19.5 Å². The quantitative estimate of drug-likeness (QED) is 0.509. The van der Waals surface area contributed by atoms with Gasteiger partial charge in [0.15, 0.2) is 18.1 Å². The monoisotopic (exact) mass is 490 g/mol. The summed E-state index contributed by atoms with van der Waals surface area (Å²) >= 11 is 0. The van der Waals surface area contributed by atoms with E-state index in [0.29, 0.717) is 56.3 Å². The predicted molar refractivity (Wildman–Crippen MR) is 126 cm³/mol. The Morgan fingerprint density at radius 3 is 2.44 bits per heavy atom. The Morgan fingerprint density at radius 2 is 1.74 bits per heavy atom. The molecule has 0 aliphatic carbocycles. The Morgan fingerprint density at radius 1 is 1.03 bits per heavy atom. The lowest BCUT2D eigenvalue weighted by Gasteiger charge is -2.20. The molecule has 0 fully saturated rings. The lowest BCUT2D eigenvalue weighted by Crippen LogP contribution is -2.31. The van der Waals surface area contributed by atoms with Gasteiger partial charge in [-0.05, 0) is 48.7 Å². The van der Waals surface area contributed by atoms with Crippen LogP contribution in [0.2, 0.25) is 0 Å². The standard InChI is InChI=1S/C24H30N2O7S/c1-4-26(5-2)34(29,30)22-15-19(8-6-17(22)3)24(28)33-16-23(27)25-11-10-18-7-9-20-21(14-18)32-13-12-31-20/h6-9,14-15H,4-5,10-13,16H2,1-3H3,(H,25,27). The van der Waals surface area contributed by atoms with Crippen molar-refractivity contribution in [1.29, 1.82) is 0 Å². The van der Waals surface area contributed by atoms with Crippen molar-refractivity contribution in [2.45, 2.75) is 32.1 Å². The maximum absolute atomic E-state index is 12.9. The molecular weight excluding hydrogens is 460 g/mol. The molecule has 0 saturated heterocycles. The van der Waals surface area contributed by atoms with E-state index in [9.17, 15) is 18.0 Å². The van der Waals surface area contributed by atoms with Crippen molar-refractivity contribution in [2.75, 3.05) is 39.5 Å². The van der Waals surface area contributed by atoms with Gasteiger partial charge in [-0.2, -0.15) is 4.31 Å². The van der Waals surface area contributed by atoms with Gasteiger partial charge in [-0.3, -0.25) is 4.79 Å². The number of rotatable bonds is 10. The average Bonchev–Trinajstić information content (AvgIpc) is 2.83. The Kier molecular flexibility index (Phi) is 8.51. The zero-order valence-corrected chi connectivity index (χ0v) is 20.4.